The fraction of sp³-hybridized carbons (Fsp3) is 0.381. The van der Waals surface area contributed by atoms with E-state index in [2.05, 4.69) is 31.2 Å². The molecule has 0 bridgehead atoms. The molecule has 0 atom stereocenters. The topological polar surface area (TPSA) is 168 Å². The molecule has 12 nitrogen and oxygen atoms in total. The molecule has 5 N–H and O–H groups in total. The summed E-state index contributed by atoms with van der Waals surface area (Å²) in [4.78, 5) is 25.7. The summed E-state index contributed by atoms with van der Waals surface area (Å²) in [6, 6.07) is 9.48. The van der Waals surface area contributed by atoms with E-state index in [1.165, 1.54) is 13.3 Å². The number of nitrogens with one attached hydrogen (secondary N) is 1. The number of piperidine rings is 1. The van der Waals surface area contributed by atoms with Gasteiger partial charge < -0.3 is 10.5 Å². The first-order chi connectivity index (χ1) is 16.3. The van der Waals surface area contributed by atoms with Crippen molar-refractivity contribution < 1.29 is 18.7 Å². The van der Waals surface area contributed by atoms with E-state index in [4.69, 9.17) is 11.6 Å². The number of likely N-dealkylation sites (tertiary alicyclic amines) is 1. The summed E-state index contributed by atoms with van der Waals surface area (Å²) in [6.45, 7) is 2.13. The molecule has 1 aliphatic rings. The second-order valence-electron chi connectivity index (χ2n) is 7.88. The number of nitriles is 1. The summed E-state index contributed by atoms with van der Waals surface area (Å²) < 4.78 is 18.3. The molecule has 2 amide bonds. The van der Waals surface area contributed by atoms with Crippen molar-refractivity contribution in [3.8, 4) is 6.07 Å². The van der Waals surface area contributed by atoms with E-state index in [1.807, 2.05) is 12.1 Å². The molecule has 180 valence electrons. The minimum absolute atomic E-state index is 0.00905. The molecule has 0 radical (unpaired) electrons. The van der Waals surface area contributed by atoms with Gasteiger partial charge in [0, 0.05) is 25.8 Å². The fourth-order valence-corrected chi connectivity index (χ4v) is 3.92. The number of hydrogen-bond acceptors (Lipinski definition) is 9. The van der Waals surface area contributed by atoms with E-state index in [-0.39, 0.29) is 24.3 Å². The van der Waals surface area contributed by atoms with Crippen molar-refractivity contribution >= 4 is 30.0 Å². The number of nitrogens with zero attached hydrogens (tertiary/aromatic N) is 6. The van der Waals surface area contributed by atoms with Crippen LogP contribution in [0.2, 0.25) is 0 Å². The number of ether oxygens (including phenoxy) is 1. The zero-order valence-electron chi connectivity index (χ0n) is 18.6. The highest BCUT2D eigenvalue weighted by Gasteiger charge is 2.38. The molecular weight excluding hydrogens is 445 g/mol. The van der Waals surface area contributed by atoms with Crippen LogP contribution in [0.4, 0.5) is 20.7 Å². The molecule has 34 heavy (non-hydrogen) atoms. The van der Waals surface area contributed by atoms with Gasteiger partial charge in [-0.15, -0.1) is 5.10 Å². The molecule has 1 saturated heterocycles. The Bertz CT molecular complexity index is 1090. The molecular formula is C21H26FN9O3. The van der Waals surface area contributed by atoms with Crippen LogP contribution < -0.4 is 22.0 Å². The molecule has 1 fully saturated rings. The van der Waals surface area contributed by atoms with Crippen LogP contribution in [-0.4, -0.2) is 53.3 Å². The molecule has 2 aromatic rings. The zero-order valence-corrected chi connectivity index (χ0v) is 18.6. The summed E-state index contributed by atoms with van der Waals surface area (Å²) in [6.07, 6.45) is 2.06. The Balaban J connectivity index is 1.73. The van der Waals surface area contributed by atoms with Gasteiger partial charge in [-0.3, -0.25) is 19.7 Å². The van der Waals surface area contributed by atoms with Gasteiger partial charge in [-0.25, -0.2) is 10.6 Å². The van der Waals surface area contributed by atoms with Crippen molar-refractivity contribution in [1.29, 1.82) is 5.26 Å². The molecule has 2 heterocycles. The fourth-order valence-electron chi connectivity index (χ4n) is 3.92. The lowest BCUT2D eigenvalue weighted by molar-refractivity contribution is 0.0967. The van der Waals surface area contributed by atoms with Gasteiger partial charge in [0.25, 0.3) is 5.91 Å². The third-order valence-corrected chi connectivity index (χ3v) is 5.84. The first-order valence-corrected chi connectivity index (χ1v) is 10.4. The van der Waals surface area contributed by atoms with Crippen LogP contribution in [-0.2, 0) is 16.8 Å². The highest BCUT2D eigenvalue weighted by molar-refractivity contribution is 6.00. The standard InChI is InChI=1S/C21H26FN9O3/c1-34-20(33)27-19-17(18(24)32)13-30(28-19)21(6-9-23)7-10-29(11-8-21)12-15-2-4-16(5-3-15)31(25)26-14-22/h2-5,13-14H,6-8,10-12,25H2,1H3,(H2,24,32)(H,27,28,33)/b26-14-. The number of hydrazone groups is 1. The van der Waals surface area contributed by atoms with Gasteiger partial charge in [-0.1, -0.05) is 12.1 Å². The molecule has 0 saturated carbocycles. The van der Waals surface area contributed by atoms with Gasteiger partial charge >= 0.3 is 6.09 Å². The molecule has 0 spiro atoms. The summed E-state index contributed by atoms with van der Waals surface area (Å²) in [7, 11) is 1.20. The minimum atomic E-state index is -0.780. The molecule has 0 aliphatic carbocycles. The third kappa shape index (κ3) is 5.48. The number of benzene rings is 1. The van der Waals surface area contributed by atoms with Crippen LogP contribution in [0, 0.1) is 11.3 Å². The van der Waals surface area contributed by atoms with Gasteiger partial charge in [0.05, 0.1) is 30.8 Å². The predicted octanol–water partition coefficient (Wildman–Crippen LogP) is 1.66. The van der Waals surface area contributed by atoms with Gasteiger partial charge in [0.1, 0.15) is 5.56 Å². The van der Waals surface area contributed by atoms with Crippen LogP contribution in [0.1, 0.15) is 35.2 Å². The SMILES string of the molecule is COC(=O)Nc1nn(C2(CC#N)CCN(Cc3ccc(N(N)/N=C\F)cc3)CC2)cc1C(N)=O. The number of amides is 2. The van der Waals surface area contributed by atoms with Gasteiger partial charge in [-0.2, -0.15) is 19.9 Å². The average Bonchev–Trinajstić information content (AvgIpc) is 3.26. The molecule has 1 aromatic heterocycles. The lowest BCUT2D eigenvalue weighted by Gasteiger charge is -2.40. The van der Waals surface area contributed by atoms with Gasteiger partial charge in [0.15, 0.2) is 12.3 Å². The predicted molar refractivity (Wildman–Crippen MR) is 122 cm³/mol. The monoisotopic (exact) mass is 471 g/mol. The lowest BCUT2D eigenvalue weighted by Crippen LogP contribution is -2.46. The van der Waals surface area contributed by atoms with Crippen LogP contribution in [0.15, 0.2) is 35.6 Å². The maximum Gasteiger partial charge on any atom is 0.412 e. The van der Waals surface area contributed by atoms with E-state index >= 15 is 0 Å². The van der Waals surface area contributed by atoms with Crippen molar-refractivity contribution in [3.05, 3.63) is 41.6 Å². The van der Waals surface area contributed by atoms with Crippen LogP contribution in [0.3, 0.4) is 0 Å². The number of carbonyl (C=O) groups is 2. The van der Waals surface area contributed by atoms with Crippen molar-refractivity contribution in [2.45, 2.75) is 31.3 Å². The quantitative estimate of drug-likeness (QED) is 0.297. The number of rotatable bonds is 8. The third-order valence-electron chi connectivity index (χ3n) is 5.84. The van der Waals surface area contributed by atoms with E-state index in [0.717, 1.165) is 10.7 Å². The average molecular weight is 471 g/mol. The van der Waals surface area contributed by atoms with Crippen molar-refractivity contribution in [1.82, 2.24) is 14.7 Å². The number of primary amides is 1. The van der Waals surface area contributed by atoms with E-state index in [0.29, 0.717) is 38.2 Å². The van der Waals surface area contributed by atoms with Crippen LogP contribution >= 0.6 is 0 Å². The largest absolute Gasteiger partial charge is 0.453 e. The van der Waals surface area contributed by atoms with Crippen molar-refractivity contribution in [2.24, 2.45) is 16.7 Å². The maximum absolute atomic E-state index is 12.2. The number of methoxy groups -OCH3 is 1. The summed E-state index contributed by atoms with van der Waals surface area (Å²) in [5.74, 6) is 4.85. The molecule has 1 aliphatic heterocycles. The molecule has 0 unspecified atom stereocenters. The first-order valence-electron chi connectivity index (χ1n) is 10.4. The number of hydrogen-bond donors (Lipinski definition) is 3. The first kappa shape index (κ1) is 24.6. The number of halogens is 1. The lowest BCUT2D eigenvalue weighted by atomic mass is 9.84. The highest BCUT2D eigenvalue weighted by atomic mass is 19.1. The Labute approximate surface area is 195 Å². The molecule has 13 heteroatoms. The Morgan fingerprint density at radius 3 is 2.62 bits per heavy atom. The Hall–Kier alpha value is -4.02. The minimum Gasteiger partial charge on any atom is -0.453 e. The second-order valence-corrected chi connectivity index (χ2v) is 7.88. The number of hydrazine groups is 1. The number of aromatic nitrogens is 2. The van der Waals surface area contributed by atoms with E-state index in [9.17, 15) is 19.2 Å². The zero-order chi connectivity index (χ0) is 24.7. The van der Waals surface area contributed by atoms with E-state index in [1.54, 1.807) is 16.8 Å². The number of nitrogens with two attached hydrogens (primary N) is 2. The summed E-state index contributed by atoms with van der Waals surface area (Å²) in [5.41, 5.74) is 6.42. The number of anilines is 2. The van der Waals surface area contributed by atoms with Gasteiger partial charge in [-0.05, 0) is 30.5 Å². The van der Waals surface area contributed by atoms with Gasteiger partial charge in [0.2, 0.25) is 0 Å². The molecule has 1 aromatic carbocycles. The summed E-state index contributed by atoms with van der Waals surface area (Å²) >= 11 is 0. The Morgan fingerprint density at radius 1 is 1.38 bits per heavy atom. The Morgan fingerprint density at radius 2 is 2.06 bits per heavy atom. The second kappa shape index (κ2) is 10.7. The van der Waals surface area contributed by atoms with E-state index < -0.39 is 17.5 Å². The smallest absolute Gasteiger partial charge is 0.412 e. The van der Waals surface area contributed by atoms with Crippen LogP contribution in [0.25, 0.3) is 0 Å². The molecule has 3 rings (SSSR count). The maximum atomic E-state index is 12.2. The van der Waals surface area contributed by atoms with Crippen LogP contribution in [0.5, 0.6) is 0 Å². The number of carbonyl (C=O) groups excluding carboxylic acids is 2. The van der Waals surface area contributed by atoms with Crippen molar-refractivity contribution in [2.75, 3.05) is 30.6 Å². The Kier molecular flexibility index (Phi) is 7.77. The van der Waals surface area contributed by atoms with Crippen molar-refractivity contribution in [3.63, 3.8) is 0 Å². The summed E-state index contributed by atoms with van der Waals surface area (Å²) in [5, 5.41) is 20.5. The highest BCUT2D eigenvalue weighted by Crippen LogP contribution is 2.35. The normalized spacial score (nSPS) is 15.6.